The smallest absolute Gasteiger partial charge is 0.407 e. The van der Waals surface area contributed by atoms with Crippen molar-refractivity contribution in [1.29, 1.82) is 0 Å². The van der Waals surface area contributed by atoms with E-state index in [-0.39, 0.29) is 120 Å². The fourth-order valence-corrected chi connectivity index (χ4v) is 4.40. The van der Waals surface area contributed by atoms with Crippen LogP contribution in [0.2, 0.25) is 0 Å². The minimum atomic E-state index is -0.941. The minimum Gasteiger partial charge on any atom is -0.506 e. The number of benzene rings is 1. The normalized spacial score (nSPS) is 11.9. The number of carboxylic acids is 1. The predicted octanol–water partition coefficient (Wildman–Crippen LogP) is 2.42. The van der Waals surface area contributed by atoms with E-state index >= 15 is 0 Å². The molecule has 0 aliphatic carbocycles. The number of aliphatic carboxylic acids is 1. The zero-order chi connectivity index (χ0) is 43.3. The molecule has 0 fully saturated rings. The van der Waals surface area contributed by atoms with E-state index in [0.717, 1.165) is 5.56 Å². The van der Waals surface area contributed by atoms with E-state index in [1.54, 1.807) is 32.9 Å². The average Bonchev–Trinajstić information content (AvgIpc) is 3.09. The molecule has 57 heavy (non-hydrogen) atoms. The number of rotatable bonds is 24. The first-order valence-electron chi connectivity index (χ1n) is 18.5. The van der Waals surface area contributed by atoms with Crippen molar-refractivity contribution in [1.82, 2.24) is 16.0 Å². The lowest BCUT2D eigenvalue weighted by Crippen LogP contribution is -2.42. The molecular formula is C39H60N4O14. The van der Waals surface area contributed by atoms with Gasteiger partial charge in [0.2, 0.25) is 5.91 Å². The number of carbonyl (C=O) groups excluding carboxylic acids is 6. The number of nitrogens with one attached hydrogen (secondary N) is 4. The highest BCUT2D eigenvalue weighted by Gasteiger charge is 2.26. The largest absolute Gasteiger partial charge is 0.506 e. The van der Waals surface area contributed by atoms with Crippen molar-refractivity contribution in [2.24, 2.45) is 11.3 Å². The van der Waals surface area contributed by atoms with E-state index in [9.17, 15) is 29.1 Å². The van der Waals surface area contributed by atoms with E-state index in [0.29, 0.717) is 12.8 Å². The monoisotopic (exact) mass is 808 g/mol. The van der Waals surface area contributed by atoms with Crippen LogP contribution in [0, 0.1) is 23.2 Å². The summed E-state index contributed by atoms with van der Waals surface area (Å²) in [5, 5.41) is 29.6. The molecule has 0 bridgehead atoms. The third kappa shape index (κ3) is 29.9. The van der Waals surface area contributed by atoms with Crippen molar-refractivity contribution in [2.45, 2.75) is 85.8 Å². The molecule has 1 rings (SSSR count). The van der Waals surface area contributed by atoms with Crippen LogP contribution in [-0.4, -0.2) is 124 Å². The highest BCUT2D eigenvalue weighted by atomic mass is 16.6. The van der Waals surface area contributed by atoms with Crippen LogP contribution >= 0.6 is 0 Å². The number of hydrogen-bond donors (Lipinski definition) is 6. The standard InChI is InChI=1S/C38H60N4O12.CO2/c1-27(37(2,3)4)24-29(41-36(49)54-38(5,6)7)25-28-8-9-31(43)30(26-28)42-34(46)12-16-50-20-22-52-18-14-39-32(44)10-11-33(45)40-15-19-53-23-21-51-17-13-35(47)48;2-1-3/h8-9,26-27,29,43H,12-25H2,1-7H3,(H,39,44)(H,40,45)(H,41,49)(H,42,46)(H,47,48);/t27?,29-;/m1./s1. The number of ether oxygens (including phenoxy) is 5. The minimum absolute atomic E-state index is 0.0248. The molecule has 2 atom stereocenters. The van der Waals surface area contributed by atoms with Crippen LogP contribution in [0.3, 0.4) is 0 Å². The van der Waals surface area contributed by atoms with Gasteiger partial charge in [-0.05, 0) is 62.6 Å². The van der Waals surface area contributed by atoms with Gasteiger partial charge in [0, 0.05) is 31.0 Å². The maximum absolute atomic E-state index is 12.6. The molecule has 0 aliphatic heterocycles. The highest BCUT2D eigenvalue weighted by molar-refractivity contribution is 6.02. The zero-order valence-corrected chi connectivity index (χ0v) is 34.1. The summed E-state index contributed by atoms with van der Waals surface area (Å²) in [7, 11) is 0. The van der Waals surface area contributed by atoms with Crippen molar-refractivity contribution in [3.8, 4) is 17.6 Å². The number of phenols is 1. The highest BCUT2D eigenvalue weighted by Crippen LogP contribution is 2.31. The molecule has 0 aliphatic rings. The van der Waals surface area contributed by atoms with E-state index in [4.69, 9.17) is 38.4 Å². The lowest BCUT2D eigenvalue weighted by atomic mass is 9.78. The summed E-state index contributed by atoms with van der Waals surface area (Å²) in [6.07, 6.45) is 0.875. The Morgan fingerprint density at radius 2 is 1.25 bits per heavy atom. The van der Waals surface area contributed by atoms with Gasteiger partial charge in [-0.15, -0.1) is 0 Å². The van der Waals surface area contributed by atoms with Gasteiger partial charge >= 0.3 is 18.2 Å². The molecule has 1 aromatic rings. The summed E-state index contributed by atoms with van der Waals surface area (Å²) in [6, 6.07) is 4.72. The third-order valence-corrected chi connectivity index (χ3v) is 7.69. The Morgan fingerprint density at radius 1 is 0.754 bits per heavy atom. The van der Waals surface area contributed by atoms with Gasteiger partial charge in [0.05, 0.1) is 71.4 Å². The topological polar surface area (TPSA) is 254 Å². The van der Waals surface area contributed by atoms with E-state index < -0.39 is 29.5 Å². The first-order chi connectivity index (χ1) is 26.8. The number of alkyl carbamates (subject to hydrolysis) is 1. The molecule has 6 N–H and O–H groups in total. The second-order valence-electron chi connectivity index (χ2n) is 14.6. The van der Waals surface area contributed by atoms with Crippen molar-refractivity contribution in [3.05, 3.63) is 23.8 Å². The second-order valence-corrected chi connectivity index (χ2v) is 14.6. The van der Waals surface area contributed by atoms with Crippen LogP contribution in [0.25, 0.3) is 0 Å². The molecule has 18 heteroatoms. The van der Waals surface area contributed by atoms with E-state index in [1.807, 2.05) is 0 Å². The molecule has 0 saturated carbocycles. The number of carboxylic acid groups (broad SMARTS) is 1. The van der Waals surface area contributed by atoms with Gasteiger partial charge in [-0.3, -0.25) is 19.2 Å². The van der Waals surface area contributed by atoms with Gasteiger partial charge in [-0.2, -0.15) is 9.59 Å². The van der Waals surface area contributed by atoms with Crippen molar-refractivity contribution < 1.29 is 67.5 Å². The number of hydrogen-bond acceptors (Lipinski definition) is 13. The summed E-state index contributed by atoms with van der Waals surface area (Å²) in [5.74, 6) is 1.97. The van der Waals surface area contributed by atoms with Gasteiger partial charge in [0.15, 0.2) is 0 Å². The maximum Gasteiger partial charge on any atom is 0.407 e. The van der Waals surface area contributed by atoms with Gasteiger partial charge in [-0.25, -0.2) is 4.79 Å². The molecule has 1 aromatic carbocycles. The summed E-state index contributed by atoms with van der Waals surface area (Å²) in [4.78, 5) is 75.3. The molecule has 320 valence electrons. The van der Waals surface area contributed by atoms with Crippen molar-refractivity contribution in [2.75, 3.05) is 71.3 Å². The van der Waals surface area contributed by atoms with Crippen molar-refractivity contribution >= 4 is 41.6 Å². The van der Waals surface area contributed by atoms with Crippen LogP contribution in [-0.2, 0) is 58.9 Å². The summed E-state index contributed by atoms with van der Waals surface area (Å²) >= 11 is 0. The lowest BCUT2D eigenvalue weighted by molar-refractivity contribution is -0.191. The molecule has 0 radical (unpaired) electrons. The Hall–Kier alpha value is -5.05. The quantitative estimate of drug-likeness (QED) is 0.0499. The fourth-order valence-electron chi connectivity index (χ4n) is 4.40. The van der Waals surface area contributed by atoms with E-state index in [1.165, 1.54) is 6.07 Å². The van der Waals surface area contributed by atoms with Gasteiger partial charge in [0.25, 0.3) is 11.8 Å². The van der Waals surface area contributed by atoms with Crippen LogP contribution < -0.4 is 21.3 Å². The number of amides is 4. The zero-order valence-electron chi connectivity index (χ0n) is 34.1. The summed E-state index contributed by atoms with van der Waals surface area (Å²) in [5.41, 5.74) is 0.466. The SMILES string of the molecule is CC(C[C@H](Cc1ccc(O)c(NC(=O)CCOCCOCCNC(=O)C#CC(=O)NCCOCCOCCC(=O)O)c1)NC(=O)OC(C)(C)C)C(C)(C)C.O=C=O. The van der Waals surface area contributed by atoms with Crippen LogP contribution in [0.4, 0.5) is 10.5 Å². The predicted molar refractivity (Wildman–Crippen MR) is 206 cm³/mol. The molecule has 4 amide bonds. The number of phenolic OH excluding ortho intramolecular Hbond substituents is 1. The Kier molecular flexibility index (Phi) is 26.6. The third-order valence-electron chi connectivity index (χ3n) is 7.69. The summed E-state index contributed by atoms with van der Waals surface area (Å²) < 4.78 is 26.6. The maximum atomic E-state index is 12.6. The summed E-state index contributed by atoms with van der Waals surface area (Å²) in [6.45, 7) is 15.9. The Balaban J connectivity index is 0.0000101. The Morgan fingerprint density at radius 3 is 1.72 bits per heavy atom. The van der Waals surface area contributed by atoms with Crippen LogP contribution in [0.15, 0.2) is 18.2 Å². The van der Waals surface area contributed by atoms with Crippen LogP contribution in [0.5, 0.6) is 5.75 Å². The molecule has 0 saturated heterocycles. The van der Waals surface area contributed by atoms with Gasteiger partial charge in [0.1, 0.15) is 11.4 Å². The molecular weight excluding hydrogens is 748 g/mol. The Bertz CT molecular complexity index is 1490. The average molecular weight is 809 g/mol. The van der Waals surface area contributed by atoms with Gasteiger partial charge in [-0.1, -0.05) is 33.8 Å². The van der Waals surface area contributed by atoms with Gasteiger partial charge < -0.3 is 55.2 Å². The lowest BCUT2D eigenvalue weighted by Gasteiger charge is -2.32. The first-order valence-corrected chi connectivity index (χ1v) is 18.5. The number of carbonyl (C=O) groups is 5. The molecule has 0 aromatic heterocycles. The second kappa shape index (κ2) is 29.2. The Labute approximate surface area is 334 Å². The first kappa shape index (κ1) is 51.9. The molecule has 0 heterocycles. The fraction of sp³-hybridized carbons (Fsp3) is 0.641. The van der Waals surface area contributed by atoms with Crippen LogP contribution in [0.1, 0.15) is 73.3 Å². The molecule has 1 unspecified atom stereocenters. The van der Waals surface area contributed by atoms with Crippen molar-refractivity contribution in [3.63, 3.8) is 0 Å². The van der Waals surface area contributed by atoms with E-state index in [2.05, 4.69) is 60.8 Å². The number of anilines is 1. The molecule has 0 spiro atoms. The molecule has 18 nitrogen and oxygen atoms in total. The number of aromatic hydroxyl groups is 1.